The van der Waals surface area contributed by atoms with E-state index in [0.29, 0.717) is 17.2 Å². The molecule has 0 fully saturated rings. The molecule has 2 aromatic carbocycles. The van der Waals surface area contributed by atoms with E-state index in [1.54, 1.807) is 19.1 Å². The number of nitrogens with zero attached hydrogens (tertiary/aromatic N) is 2. The number of hydrogen-bond donors (Lipinski definition) is 2. The molecule has 0 saturated heterocycles. The number of nitrogens with one attached hydrogen (secondary N) is 2. The zero-order valence-corrected chi connectivity index (χ0v) is 12.7. The van der Waals surface area contributed by atoms with Crippen LogP contribution in [0.3, 0.4) is 0 Å². The molecule has 0 amide bonds. The van der Waals surface area contributed by atoms with Gasteiger partial charge in [-0.15, -0.1) is 0 Å². The van der Waals surface area contributed by atoms with Gasteiger partial charge in [0.15, 0.2) is 5.78 Å². The van der Waals surface area contributed by atoms with Crippen molar-refractivity contribution in [3.8, 4) is 0 Å². The minimum absolute atomic E-state index is 0.0303. The molecule has 114 valence electrons. The van der Waals surface area contributed by atoms with E-state index < -0.39 is 0 Å². The molecule has 0 atom stereocenters. The molecule has 0 bridgehead atoms. The van der Waals surface area contributed by atoms with Crippen molar-refractivity contribution in [3.05, 3.63) is 72.6 Å². The monoisotopic (exact) mass is 304 g/mol. The highest BCUT2D eigenvalue weighted by atomic mass is 16.1. The third kappa shape index (κ3) is 3.91. The second-order valence-corrected chi connectivity index (χ2v) is 5.04. The van der Waals surface area contributed by atoms with Crippen LogP contribution in [0.15, 0.2) is 67.0 Å². The third-order valence-corrected chi connectivity index (χ3v) is 3.25. The zero-order valence-electron chi connectivity index (χ0n) is 12.7. The minimum Gasteiger partial charge on any atom is -0.340 e. The van der Waals surface area contributed by atoms with Crippen LogP contribution in [0.5, 0.6) is 0 Å². The van der Waals surface area contributed by atoms with Crippen molar-refractivity contribution < 1.29 is 4.79 Å². The molecule has 23 heavy (non-hydrogen) atoms. The van der Waals surface area contributed by atoms with E-state index >= 15 is 0 Å². The number of para-hydroxylation sites is 1. The second kappa shape index (κ2) is 6.70. The highest BCUT2D eigenvalue weighted by Gasteiger charge is 2.03. The third-order valence-electron chi connectivity index (χ3n) is 3.25. The molecule has 0 saturated carbocycles. The lowest BCUT2D eigenvalue weighted by Crippen LogP contribution is -1.99. The van der Waals surface area contributed by atoms with Gasteiger partial charge in [0.25, 0.3) is 0 Å². The lowest BCUT2D eigenvalue weighted by molar-refractivity contribution is 0.101. The highest BCUT2D eigenvalue weighted by Crippen LogP contribution is 2.20. The number of carbonyl (C=O) groups is 1. The lowest BCUT2D eigenvalue weighted by atomic mass is 10.1. The summed E-state index contributed by atoms with van der Waals surface area (Å²) >= 11 is 0. The van der Waals surface area contributed by atoms with Gasteiger partial charge in [-0.1, -0.05) is 30.3 Å². The molecular formula is C18H16N4O. The standard InChI is InChI=1S/C18H16N4O/c1-13(23)14-6-5-9-16(10-14)22-18-11-17(19-12-20-18)21-15-7-3-2-4-8-15/h2-12H,1H3,(H2,19,20,21,22). The summed E-state index contributed by atoms with van der Waals surface area (Å²) in [5.41, 5.74) is 2.42. The van der Waals surface area contributed by atoms with Crippen molar-refractivity contribution in [1.29, 1.82) is 0 Å². The number of aromatic nitrogens is 2. The van der Waals surface area contributed by atoms with Crippen LogP contribution >= 0.6 is 0 Å². The maximum Gasteiger partial charge on any atom is 0.159 e. The topological polar surface area (TPSA) is 66.9 Å². The quantitative estimate of drug-likeness (QED) is 0.693. The van der Waals surface area contributed by atoms with Gasteiger partial charge in [0.2, 0.25) is 0 Å². The van der Waals surface area contributed by atoms with Crippen LogP contribution in [0.1, 0.15) is 17.3 Å². The van der Waals surface area contributed by atoms with E-state index in [4.69, 9.17) is 0 Å². The Morgan fingerprint density at radius 3 is 2.17 bits per heavy atom. The fraction of sp³-hybridized carbons (Fsp3) is 0.0556. The van der Waals surface area contributed by atoms with Gasteiger partial charge in [0.05, 0.1) is 0 Å². The summed E-state index contributed by atoms with van der Waals surface area (Å²) in [4.78, 5) is 19.9. The van der Waals surface area contributed by atoms with Gasteiger partial charge in [-0.3, -0.25) is 4.79 Å². The van der Waals surface area contributed by atoms with Gasteiger partial charge in [-0.25, -0.2) is 9.97 Å². The predicted molar refractivity (Wildman–Crippen MR) is 91.5 cm³/mol. The van der Waals surface area contributed by atoms with Crippen LogP contribution in [0.4, 0.5) is 23.0 Å². The van der Waals surface area contributed by atoms with Gasteiger partial charge in [0, 0.05) is 23.0 Å². The van der Waals surface area contributed by atoms with Crippen molar-refractivity contribution >= 4 is 28.8 Å². The molecule has 0 radical (unpaired) electrons. The van der Waals surface area contributed by atoms with Gasteiger partial charge < -0.3 is 10.6 Å². The first-order valence-electron chi connectivity index (χ1n) is 7.23. The summed E-state index contributed by atoms with van der Waals surface area (Å²) in [6.45, 7) is 1.55. The van der Waals surface area contributed by atoms with E-state index in [-0.39, 0.29) is 5.78 Å². The van der Waals surface area contributed by atoms with E-state index in [1.165, 1.54) is 6.33 Å². The Labute approximate surface area is 134 Å². The van der Waals surface area contributed by atoms with Crippen LogP contribution in [-0.4, -0.2) is 15.8 Å². The molecule has 1 heterocycles. The first-order chi connectivity index (χ1) is 11.2. The first-order valence-corrected chi connectivity index (χ1v) is 7.23. The van der Waals surface area contributed by atoms with Crippen molar-refractivity contribution in [2.24, 2.45) is 0 Å². The molecule has 1 aromatic heterocycles. The second-order valence-electron chi connectivity index (χ2n) is 5.04. The lowest BCUT2D eigenvalue weighted by Gasteiger charge is -2.09. The fourth-order valence-corrected chi connectivity index (χ4v) is 2.13. The Morgan fingerprint density at radius 2 is 1.48 bits per heavy atom. The van der Waals surface area contributed by atoms with Crippen molar-refractivity contribution in [3.63, 3.8) is 0 Å². The molecular weight excluding hydrogens is 288 g/mol. The number of rotatable bonds is 5. The smallest absolute Gasteiger partial charge is 0.159 e. The summed E-state index contributed by atoms with van der Waals surface area (Å²) in [6, 6.07) is 18.9. The van der Waals surface area contributed by atoms with Gasteiger partial charge in [-0.05, 0) is 31.2 Å². The van der Waals surface area contributed by atoms with Crippen molar-refractivity contribution in [2.45, 2.75) is 6.92 Å². The average molecular weight is 304 g/mol. The van der Waals surface area contributed by atoms with Crippen LogP contribution in [0.2, 0.25) is 0 Å². The number of carbonyl (C=O) groups excluding carboxylic acids is 1. The summed E-state index contributed by atoms with van der Waals surface area (Å²) in [7, 11) is 0. The van der Waals surface area contributed by atoms with Crippen LogP contribution in [-0.2, 0) is 0 Å². The highest BCUT2D eigenvalue weighted by molar-refractivity contribution is 5.95. The van der Waals surface area contributed by atoms with Crippen LogP contribution in [0.25, 0.3) is 0 Å². The Morgan fingerprint density at radius 1 is 0.826 bits per heavy atom. The number of anilines is 4. The zero-order chi connectivity index (χ0) is 16.1. The number of benzene rings is 2. The molecule has 5 nitrogen and oxygen atoms in total. The van der Waals surface area contributed by atoms with Crippen LogP contribution in [0, 0.1) is 0 Å². The molecule has 0 spiro atoms. The van der Waals surface area contributed by atoms with Crippen molar-refractivity contribution in [2.75, 3.05) is 10.6 Å². The first kappa shape index (κ1) is 14.7. The van der Waals surface area contributed by atoms with E-state index in [9.17, 15) is 4.79 Å². The Balaban J connectivity index is 1.77. The van der Waals surface area contributed by atoms with Crippen molar-refractivity contribution in [1.82, 2.24) is 9.97 Å². The van der Waals surface area contributed by atoms with E-state index in [2.05, 4.69) is 20.6 Å². The molecule has 0 aliphatic carbocycles. The fourth-order valence-electron chi connectivity index (χ4n) is 2.13. The van der Waals surface area contributed by atoms with Gasteiger partial charge >= 0.3 is 0 Å². The Kier molecular flexibility index (Phi) is 4.29. The molecule has 2 N–H and O–H groups in total. The largest absolute Gasteiger partial charge is 0.340 e. The Hall–Kier alpha value is -3.21. The molecule has 3 rings (SSSR count). The molecule has 3 aromatic rings. The number of hydrogen-bond acceptors (Lipinski definition) is 5. The average Bonchev–Trinajstić information content (AvgIpc) is 2.56. The normalized spacial score (nSPS) is 10.1. The van der Waals surface area contributed by atoms with Gasteiger partial charge in [0.1, 0.15) is 18.0 Å². The maximum absolute atomic E-state index is 11.4. The summed E-state index contributed by atoms with van der Waals surface area (Å²) in [6.07, 6.45) is 1.49. The molecule has 0 aliphatic heterocycles. The molecule has 5 heteroatoms. The Bertz CT molecular complexity index is 818. The number of ketones is 1. The van der Waals surface area contributed by atoms with E-state index in [0.717, 1.165) is 11.4 Å². The number of Topliss-reactive ketones (excluding diaryl/α,β-unsaturated/α-hetero) is 1. The molecule has 0 aliphatic rings. The van der Waals surface area contributed by atoms with E-state index in [1.807, 2.05) is 48.5 Å². The summed E-state index contributed by atoms with van der Waals surface area (Å²) < 4.78 is 0. The minimum atomic E-state index is 0.0303. The maximum atomic E-state index is 11.4. The predicted octanol–water partition coefficient (Wildman–Crippen LogP) is 4.17. The molecule has 0 unspecified atom stereocenters. The van der Waals surface area contributed by atoms with Gasteiger partial charge in [-0.2, -0.15) is 0 Å². The summed E-state index contributed by atoms with van der Waals surface area (Å²) in [5, 5.41) is 6.40. The summed E-state index contributed by atoms with van der Waals surface area (Å²) in [5.74, 6) is 1.37. The van der Waals surface area contributed by atoms with Crippen LogP contribution < -0.4 is 10.6 Å². The SMILES string of the molecule is CC(=O)c1cccc(Nc2cc(Nc3ccccc3)ncn2)c1.